The average molecular weight is 539 g/mol. The van der Waals surface area contributed by atoms with E-state index in [1.165, 1.54) is 0 Å². The molecule has 4 aromatic rings. The molecule has 8 heteroatoms. The van der Waals surface area contributed by atoms with Crippen LogP contribution in [0.5, 0.6) is 17.2 Å². The second-order valence-corrected chi connectivity index (χ2v) is 9.68. The highest BCUT2D eigenvalue weighted by Gasteiger charge is 2.33. The molecule has 1 atom stereocenters. The number of nitrogens with one attached hydrogen (secondary N) is 1. The van der Waals surface area contributed by atoms with Gasteiger partial charge in [-0.2, -0.15) is 0 Å². The van der Waals surface area contributed by atoms with E-state index in [9.17, 15) is 9.59 Å². The van der Waals surface area contributed by atoms with Crippen molar-refractivity contribution in [3.05, 3.63) is 108 Å². The number of carbonyl (C=O) groups excluding carboxylic acids is 2. The Balaban J connectivity index is 1.36. The fraction of sp³-hybridized carbons (Fsp3) is 0.250. The van der Waals surface area contributed by atoms with Crippen LogP contribution in [0, 0.1) is 0 Å². The van der Waals surface area contributed by atoms with Crippen molar-refractivity contribution in [1.82, 2.24) is 14.4 Å². The lowest BCUT2D eigenvalue weighted by Gasteiger charge is -2.38. The second kappa shape index (κ2) is 12.4. The van der Waals surface area contributed by atoms with Crippen molar-refractivity contribution >= 4 is 17.6 Å². The van der Waals surface area contributed by atoms with E-state index in [0.29, 0.717) is 36.8 Å². The molecular formula is C32H34N4O4. The Kier molecular flexibility index (Phi) is 8.35. The van der Waals surface area contributed by atoms with Gasteiger partial charge >= 0.3 is 6.03 Å². The number of methoxy groups -OCH3 is 1. The predicted octanol–water partition coefficient (Wildman–Crippen LogP) is 6.16. The molecule has 0 saturated heterocycles. The van der Waals surface area contributed by atoms with Crippen molar-refractivity contribution in [2.45, 2.75) is 25.9 Å². The van der Waals surface area contributed by atoms with Gasteiger partial charge in [-0.25, -0.2) is 4.79 Å². The fourth-order valence-corrected chi connectivity index (χ4v) is 5.03. The highest BCUT2D eigenvalue weighted by Crippen LogP contribution is 2.35. The smallest absolute Gasteiger partial charge is 0.322 e. The Hall–Kier alpha value is -4.72. The molecule has 1 N–H and O–H groups in total. The molecule has 0 unspecified atom stereocenters. The molecule has 3 amide bonds. The van der Waals surface area contributed by atoms with Crippen LogP contribution >= 0.6 is 0 Å². The van der Waals surface area contributed by atoms with E-state index < -0.39 is 0 Å². The van der Waals surface area contributed by atoms with E-state index in [-0.39, 0.29) is 24.5 Å². The van der Waals surface area contributed by atoms with E-state index in [1.807, 2.05) is 78.7 Å². The van der Waals surface area contributed by atoms with Gasteiger partial charge in [0.15, 0.2) is 0 Å². The first-order valence-corrected chi connectivity index (χ1v) is 13.5. The number of benzene rings is 3. The summed E-state index contributed by atoms with van der Waals surface area (Å²) in [5.41, 5.74) is 2.62. The number of hydrogen-bond acceptors (Lipinski definition) is 4. The second-order valence-electron chi connectivity index (χ2n) is 9.68. The minimum absolute atomic E-state index is 0.0206. The molecule has 206 valence electrons. The molecule has 1 aromatic heterocycles. The van der Waals surface area contributed by atoms with Gasteiger partial charge in [-0.1, -0.05) is 37.3 Å². The topological polar surface area (TPSA) is 76.0 Å². The summed E-state index contributed by atoms with van der Waals surface area (Å²) in [6.07, 6.45) is 2.77. The molecule has 40 heavy (non-hydrogen) atoms. The molecule has 0 aliphatic carbocycles. The first-order chi connectivity index (χ1) is 19.6. The minimum Gasteiger partial charge on any atom is -0.497 e. The molecule has 0 radical (unpaired) electrons. The summed E-state index contributed by atoms with van der Waals surface area (Å²) in [5.74, 6) is 2.05. The molecule has 0 fully saturated rings. The van der Waals surface area contributed by atoms with Crippen LogP contribution in [0.3, 0.4) is 0 Å². The maximum atomic E-state index is 13.9. The highest BCUT2D eigenvalue weighted by atomic mass is 16.5. The number of amides is 3. The van der Waals surface area contributed by atoms with Gasteiger partial charge < -0.3 is 29.2 Å². The number of para-hydroxylation sites is 1. The summed E-state index contributed by atoms with van der Waals surface area (Å²) < 4.78 is 13.5. The largest absolute Gasteiger partial charge is 0.497 e. The lowest BCUT2D eigenvalue weighted by Crippen LogP contribution is -2.48. The molecule has 0 spiro atoms. The Labute approximate surface area is 234 Å². The predicted molar refractivity (Wildman–Crippen MR) is 155 cm³/mol. The maximum Gasteiger partial charge on any atom is 0.322 e. The summed E-state index contributed by atoms with van der Waals surface area (Å²) in [7, 11) is 1.60. The zero-order valence-electron chi connectivity index (χ0n) is 22.8. The summed E-state index contributed by atoms with van der Waals surface area (Å²) in [5, 5.41) is 2.91. The first kappa shape index (κ1) is 26.9. The van der Waals surface area contributed by atoms with Gasteiger partial charge in [0.2, 0.25) is 5.91 Å². The Morgan fingerprint density at radius 3 is 2.42 bits per heavy atom. The van der Waals surface area contributed by atoms with Crippen molar-refractivity contribution in [1.29, 1.82) is 0 Å². The highest BCUT2D eigenvalue weighted by molar-refractivity contribution is 5.92. The third-order valence-electron chi connectivity index (χ3n) is 6.96. The number of hydrogen-bond donors (Lipinski definition) is 1. The number of anilines is 1. The zero-order chi connectivity index (χ0) is 27.9. The summed E-state index contributed by atoms with van der Waals surface area (Å²) >= 11 is 0. The number of fused-ring (bicyclic) bond motifs is 1. The standard InChI is InChI=1S/C32H34N4O4/c1-3-18-35(32(38)33-25-14-16-26(39-2)17-15-25)23-30(37)36-21-20-34-19-8-13-29(34)31(36)24-9-7-12-28(22-24)40-27-10-5-4-6-11-27/h4-17,19,22,31H,3,18,20-21,23H2,1-2H3,(H,33,38)/t31-/m1/s1. The van der Waals surface area contributed by atoms with Gasteiger partial charge in [0.05, 0.1) is 13.2 Å². The fourth-order valence-electron chi connectivity index (χ4n) is 5.03. The van der Waals surface area contributed by atoms with Crippen molar-refractivity contribution in [2.75, 3.05) is 32.1 Å². The van der Waals surface area contributed by atoms with E-state index in [4.69, 9.17) is 9.47 Å². The Morgan fingerprint density at radius 1 is 0.900 bits per heavy atom. The van der Waals surface area contributed by atoms with Crippen molar-refractivity contribution in [3.63, 3.8) is 0 Å². The number of ether oxygens (including phenoxy) is 2. The number of rotatable bonds is 9. The molecule has 5 rings (SSSR count). The normalized spacial score (nSPS) is 14.2. The van der Waals surface area contributed by atoms with Gasteiger partial charge in [-0.3, -0.25) is 4.79 Å². The van der Waals surface area contributed by atoms with Crippen molar-refractivity contribution < 1.29 is 19.1 Å². The van der Waals surface area contributed by atoms with E-state index in [1.54, 1.807) is 36.3 Å². The van der Waals surface area contributed by atoms with Crippen LogP contribution in [0.15, 0.2) is 97.2 Å². The van der Waals surface area contributed by atoms with Crippen LogP contribution in [-0.2, 0) is 11.3 Å². The molecule has 0 bridgehead atoms. The van der Waals surface area contributed by atoms with Crippen LogP contribution in [0.4, 0.5) is 10.5 Å². The van der Waals surface area contributed by atoms with Crippen LogP contribution in [0.1, 0.15) is 30.6 Å². The van der Waals surface area contributed by atoms with Gasteiger partial charge in [0.25, 0.3) is 0 Å². The number of aromatic nitrogens is 1. The van der Waals surface area contributed by atoms with Crippen molar-refractivity contribution in [3.8, 4) is 17.2 Å². The Bertz CT molecular complexity index is 1430. The van der Waals surface area contributed by atoms with Crippen molar-refractivity contribution in [2.24, 2.45) is 0 Å². The minimum atomic E-state index is -0.310. The molecule has 8 nitrogen and oxygen atoms in total. The molecule has 3 aromatic carbocycles. The average Bonchev–Trinajstić information content (AvgIpc) is 3.46. The van der Waals surface area contributed by atoms with Crippen LogP contribution < -0.4 is 14.8 Å². The lowest BCUT2D eigenvalue weighted by molar-refractivity contribution is -0.134. The lowest BCUT2D eigenvalue weighted by atomic mass is 9.99. The third-order valence-corrected chi connectivity index (χ3v) is 6.96. The summed E-state index contributed by atoms with van der Waals surface area (Å²) in [6, 6.07) is 28.1. The molecule has 0 saturated carbocycles. The maximum absolute atomic E-state index is 13.9. The van der Waals surface area contributed by atoms with E-state index >= 15 is 0 Å². The summed E-state index contributed by atoms with van der Waals surface area (Å²) in [4.78, 5) is 30.5. The monoisotopic (exact) mass is 538 g/mol. The van der Waals surface area contributed by atoms with Crippen LogP contribution in [0.25, 0.3) is 0 Å². The van der Waals surface area contributed by atoms with Crippen LogP contribution in [-0.4, -0.2) is 53.0 Å². The van der Waals surface area contributed by atoms with Gasteiger partial charge in [0, 0.05) is 37.2 Å². The zero-order valence-corrected chi connectivity index (χ0v) is 22.8. The van der Waals surface area contributed by atoms with Gasteiger partial charge in [-0.05, 0) is 72.6 Å². The SMILES string of the molecule is CCCN(CC(=O)N1CCn2cccc2[C@H]1c1cccc(Oc2ccccc2)c1)C(=O)Nc1ccc(OC)cc1. The van der Waals surface area contributed by atoms with Gasteiger partial charge in [-0.15, -0.1) is 0 Å². The quantitative estimate of drug-likeness (QED) is 0.277. The van der Waals surface area contributed by atoms with Gasteiger partial charge in [0.1, 0.15) is 23.8 Å². The Morgan fingerprint density at radius 2 is 1.68 bits per heavy atom. The van der Waals surface area contributed by atoms with E-state index in [0.717, 1.165) is 23.4 Å². The third kappa shape index (κ3) is 6.12. The first-order valence-electron chi connectivity index (χ1n) is 13.5. The molecular weight excluding hydrogens is 504 g/mol. The van der Waals surface area contributed by atoms with E-state index in [2.05, 4.69) is 16.0 Å². The van der Waals surface area contributed by atoms with Crippen LogP contribution in [0.2, 0.25) is 0 Å². The molecule has 1 aliphatic heterocycles. The summed E-state index contributed by atoms with van der Waals surface area (Å²) in [6.45, 7) is 3.66. The molecule has 1 aliphatic rings. The number of nitrogens with zero attached hydrogens (tertiary/aromatic N) is 3. The number of urea groups is 1. The number of carbonyl (C=O) groups is 2. The molecule has 2 heterocycles.